The van der Waals surface area contributed by atoms with Crippen molar-refractivity contribution in [1.82, 2.24) is 5.32 Å². The van der Waals surface area contributed by atoms with Crippen LogP contribution in [0.15, 0.2) is 18.2 Å². The third-order valence-electron chi connectivity index (χ3n) is 3.23. The molecule has 0 heterocycles. The quantitative estimate of drug-likeness (QED) is 0.668. The molecule has 19 heavy (non-hydrogen) atoms. The van der Waals surface area contributed by atoms with Crippen molar-refractivity contribution in [2.75, 3.05) is 13.2 Å². The molecule has 1 aliphatic carbocycles. The van der Waals surface area contributed by atoms with E-state index in [0.717, 1.165) is 19.0 Å². The lowest BCUT2D eigenvalue weighted by atomic mass is 10.2. The molecule has 1 aromatic rings. The second-order valence-electron chi connectivity index (χ2n) is 5.07. The van der Waals surface area contributed by atoms with E-state index < -0.39 is 0 Å². The van der Waals surface area contributed by atoms with Crippen LogP contribution in [0.4, 0.5) is 0 Å². The van der Waals surface area contributed by atoms with Crippen molar-refractivity contribution in [3.63, 3.8) is 0 Å². The molecule has 0 saturated heterocycles. The Morgan fingerprint density at radius 2 is 1.89 bits per heavy atom. The van der Waals surface area contributed by atoms with Gasteiger partial charge >= 0.3 is 0 Å². The average molecular weight is 302 g/mol. The van der Waals surface area contributed by atoms with Gasteiger partial charge in [0.25, 0.3) is 0 Å². The van der Waals surface area contributed by atoms with Crippen molar-refractivity contribution in [3.8, 4) is 5.75 Å². The van der Waals surface area contributed by atoms with Gasteiger partial charge in [-0.15, -0.1) is 0 Å². The number of halogens is 2. The zero-order valence-electron chi connectivity index (χ0n) is 11.1. The van der Waals surface area contributed by atoms with Crippen LogP contribution in [0.5, 0.6) is 5.75 Å². The molecule has 0 unspecified atom stereocenters. The zero-order chi connectivity index (χ0) is 13.5. The lowest BCUT2D eigenvalue weighted by Gasteiger charge is -2.08. The minimum absolute atomic E-state index is 0.623. The highest BCUT2D eigenvalue weighted by Crippen LogP contribution is 2.27. The normalized spacial score (nSPS) is 14.6. The smallest absolute Gasteiger partial charge is 0.139 e. The van der Waals surface area contributed by atoms with E-state index in [1.807, 2.05) is 0 Å². The highest BCUT2D eigenvalue weighted by atomic mass is 35.5. The molecule has 2 nitrogen and oxygen atoms in total. The molecule has 0 amide bonds. The zero-order valence-corrected chi connectivity index (χ0v) is 12.6. The lowest BCUT2D eigenvalue weighted by molar-refractivity contribution is 0.304. The minimum atomic E-state index is 0.623. The van der Waals surface area contributed by atoms with Gasteiger partial charge in [-0.05, 0) is 44.4 Å². The van der Waals surface area contributed by atoms with Crippen molar-refractivity contribution in [1.29, 1.82) is 0 Å². The molecule has 106 valence electrons. The molecule has 1 saturated carbocycles. The summed E-state index contributed by atoms with van der Waals surface area (Å²) in [5.41, 5.74) is 0. The maximum Gasteiger partial charge on any atom is 0.139 e. The Labute approximate surface area is 125 Å². The predicted molar refractivity (Wildman–Crippen MR) is 81.4 cm³/mol. The predicted octanol–water partition coefficient (Wildman–Crippen LogP) is 4.68. The van der Waals surface area contributed by atoms with Crippen molar-refractivity contribution >= 4 is 23.2 Å². The van der Waals surface area contributed by atoms with Crippen molar-refractivity contribution in [3.05, 3.63) is 28.2 Å². The Morgan fingerprint density at radius 1 is 1.11 bits per heavy atom. The number of unbranched alkanes of at least 4 members (excludes halogenated alkanes) is 3. The summed E-state index contributed by atoms with van der Waals surface area (Å²) in [5, 5.41) is 4.80. The molecule has 1 aliphatic rings. The maximum atomic E-state index is 6.02. The summed E-state index contributed by atoms with van der Waals surface area (Å²) in [4.78, 5) is 0. The molecule has 0 aromatic heterocycles. The number of benzene rings is 1. The molecule has 1 fully saturated rings. The van der Waals surface area contributed by atoms with Crippen LogP contribution in [0, 0.1) is 0 Å². The van der Waals surface area contributed by atoms with E-state index in [0.29, 0.717) is 22.4 Å². The van der Waals surface area contributed by atoms with Crippen molar-refractivity contribution in [2.24, 2.45) is 0 Å². The first-order valence-electron chi connectivity index (χ1n) is 7.07. The Kier molecular flexibility index (Phi) is 6.29. The molecule has 0 radical (unpaired) electrons. The molecule has 1 aromatic carbocycles. The van der Waals surface area contributed by atoms with Gasteiger partial charge in [-0.25, -0.2) is 0 Å². The van der Waals surface area contributed by atoms with E-state index in [1.165, 1.54) is 32.1 Å². The van der Waals surface area contributed by atoms with E-state index in [4.69, 9.17) is 27.9 Å². The van der Waals surface area contributed by atoms with Crippen LogP contribution >= 0.6 is 23.2 Å². The SMILES string of the molecule is Clc1ccc(Cl)c(OCCCCCCNC2CC2)c1. The van der Waals surface area contributed by atoms with Crippen LogP contribution in [0.25, 0.3) is 0 Å². The van der Waals surface area contributed by atoms with Gasteiger partial charge in [0.2, 0.25) is 0 Å². The topological polar surface area (TPSA) is 21.3 Å². The maximum absolute atomic E-state index is 6.02. The molecule has 0 atom stereocenters. The Bertz CT molecular complexity index is 394. The molecule has 0 spiro atoms. The fraction of sp³-hybridized carbons (Fsp3) is 0.600. The second kappa shape index (κ2) is 7.98. The van der Waals surface area contributed by atoms with Gasteiger partial charge in [0.1, 0.15) is 5.75 Å². The van der Waals surface area contributed by atoms with E-state index in [9.17, 15) is 0 Å². The first kappa shape index (κ1) is 15.0. The van der Waals surface area contributed by atoms with Gasteiger partial charge in [0, 0.05) is 17.1 Å². The first-order chi connectivity index (χ1) is 9.25. The van der Waals surface area contributed by atoms with Gasteiger partial charge < -0.3 is 10.1 Å². The summed E-state index contributed by atoms with van der Waals surface area (Å²) in [6.07, 6.45) is 7.51. The van der Waals surface area contributed by atoms with Gasteiger partial charge in [-0.1, -0.05) is 36.0 Å². The van der Waals surface area contributed by atoms with Gasteiger partial charge in [0.05, 0.1) is 11.6 Å². The Balaban J connectivity index is 1.49. The molecule has 4 heteroatoms. The number of rotatable bonds is 9. The van der Waals surface area contributed by atoms with Crippen LogP contribution in [-0.4, -0.2) is 19.2 Å². The highest BCUT2D eigenvalue weighted by Gasteiger charge is 2.19. The molecular formula is C15H21Cl2NO. The largest absolute Gasteiger partial charge is 0.492 e. The second-order valence-corrected chi connectivity index (χ2v) is 5.91. The van der Waals surface area contributed by atoms with Crippen LogP contribution in [0.1, 0.15) is 38.5 Å². The summed E-state index contributed by atoms with van der Waals surface area (Å²) < 4.78 is 5.64. The fourth-order valence-corrected chi connectivity index (χ4v) is 2.28. The summed E-state index contributed by atoms with van der Waals surface area (Å²) in [6, 6.07) is 6.13. The van der Waals surface area contributed by atoms with Crippen molar-refractivity contribution < 1.29 is 4.74 Å². The van der Waals surface area contributed by atoms with Crippen LogP contribution < -0.4 is 10.1 Å². The average Bonchev–Trinajstić information content (AvgIpc) is 3.20. The van der Waals surface area contributed by atoms with E-state index in [2.05, 4.69) is 5.32 Å². The monoisotopic (exact) mass is 301 g/mol. The Hall–Kier alpha value is -0.440. The number of hydrogen-bond acceptors (Lipinski definition) is 2. The molecule has 0 bridgehead atoms. The number of ether oxygens (including phenoxy) is 1. The first-order valence-corrected chi connectivity index (χ1v) is 7.82. The third-order valence-corrected chi connectivity index (χ3v) is 3.78. The van der Waals surface area contributed by atoms with Crippen molar-refractivity contribution in [2.45, 2.75) is 44.6 Å². The summed E-state index contributed by atoms with van der Waals surface area (Å²) >= 11 is 11.9. The molecule has 1 N–H and O–H groups in total. The summed E-state index contributed by atoms with van der Waals surface area (Å²) in [7, 11) is 0. The van der Waals surface area contributed by atoms with Crippen LogP contribution in [0.2, 0.25) is 10.0 Å². The van der Waals surface area contributed by atoms with Gasteiger partial charge in [0.15, 0.2) is 0 Å². The van der Waals surface area contributed by atoms with Crippen LogP contribution in [-0.2, 0) is 0 Å². The number of hydrogen-bond donors (Lipinski definition) is 1. The third kappa shape index (κ3) is 6.03. The molecule has 0 aliphatic heterocycles. The number of nitrogens with one attached hydrogen (secondary N) is 1. The summed E-state index contributed by atoms with van der Waals surface area (Å²) in [6.45, 7) is 1.86. The van der Waals surface area contributed by atoms with E-state index >= 15 is 0 Å². The molecular weight excluding hydrogens is 281 g/mol. The fourth-order valence-electron chi connectivity index (χ4n) is 1.94. The minimum Gasteiger partial charge on any atom is -0.492 e. The lowest BCUT2D eigenvalue weighted by Crippen LogP contribution is -2.17. The van der Waals surface area contributed by atoms with E-state index in [-0.39, 0.29) is 0 Å². The summed E-state index contributed by atoms with van der Waals surface area (Å²) in [5.74, 6) is 0.685. The highest BCUT2D eigenvalue weighted by molar-refractivity contribution is 6.34. The standard InChI is InChI=1S/C15H21Cl2NO/c16-12-5-8-14(17)15(11-12)19-10-4-2-1-3-9-18-13-6-7-13/h5,8,11,13,18H,1-4,6-7,9-10H2. The van der Waals surface area contributed by atoms with Crippen LogP contribution in [0.3, 0.4) is 0 Å². The van der Waals surface area contributed by atoms with E-state index in [1.54, 1.807) is 18.2 Å². The molecule has 2 rings (SSSR count). The van der Waals surface area contributed by atoms with Gasteiger partial charge in [-0.2, -0.15) is 0 Å². The Morgan fingerprint density at radius 3 is 2.68 bits per heavy atom. The van der Waals surface area contributed by atoms with Gasteiger partial charge in [-0.3, -0.25) is 0 Å².